The molecular formula is C20H16ClF7N2O4S. The van der Waals surface area contributed by atoms with Gasteiger partial charge in [0.2, 0.25) is 0 Å². The quantitative estimate of drug-likeness (QED) is 0.225. The van der Waals surface area contributed by atoms with Crippen molar-refractivity contribution < 1.29 is 49.8 Å². The second kappa shape index (κ2) is 11.5. The SMILES string of the molecule is COCN(C(=O)c1c(F)cccc1F)C(=O)N(COC)c1ccc(SC(F)(F)C(F)(F)F)cc1Cl. The Bertz CT molecular complexity index is 1070. The van der Waals surface area contributed by atoms with Crippen LogP contribution in [0.25, 0.3) is 0 Å². The number of imide groups is 1. The Balaban J connectivity index is 2.44. The predicted octanol–water partition coefficient (Wildman–Crippen LogP) is 6.14. The molecule has 0 fully saturated rings. The van der Waals surface area contributed by atoms with Gasteiger partial charge >= 0.3 is 17.5 Å². The molecule has 0 N–H and O–H groups in total. The van der Waals surface area contributed by atoms with Crippen LogP contribution in [-0.4, -0.2) is 56.0 Å². The van der Waals surface area contributed by atoms with E-state index in [0.717, 1.165) is 50.6 Å². The van der Waals surface area contributed by atoms with Gasteiger partial charge in [-0.1, -0.05) is 17.7 Å². The van der Waals surface area contributed by atoms with Crippen molar-refractivity contribution >= 4 is 41.0 Å². The fraction of sp³-hybridized carbons (Fsp3) is 0.300. The number of urea groups is 1. The van der Waals surface area contributed by atoms with E-state index in [1.54, 1.807) is 0 Å². The lowest BCUT2D eigenvalue weighted by Gasteiger charge is -2.29. The zero-order valence-corrected chi connectivity index (χ0v) is 19.4. The molecule has 0 aliphatic rings. The van der Waals surface area contributed by atoms with E-state index in [1.165, 1.54) is 0 Å². The number of hydrogen-bond acceptors (Lipinski definition) is 5. The number of hydrogen-bond donors (Lipinski definition) is 0. The molecule has 0 aliphatic heterocycles. The molecule has 0 saturated heterocycles. The summed E-state index contributed by atoms with van der Waals surface area (Å²) in [5.74, 6) is -3.93. The van der Waals surface area contributed by atoms with Crippen molar-refractivity contribution in [3.05, 3.63) is 58.6 Å². The lowest BCUT2D eigenvalue weighted by molar-refractivity contribution is -0.237. The van der Waals surface area contributed by atoms with Crippen molar-refractivity contribution in [1.29, 1.82) is 0 Å². The van der Waals surface area contributed by atoms with Crippen molar-refractivity contribution in [3.63, 3.8) is 0 Å². The fourth-order valence-electron chi connectivity index (χ4n) is 2.65. The van der Waals surface area contributed by atoms with Crippen LogP contribution in [0, 0.1) is 11.6 Å². The number of nitrogens with zero attached hydrogens (tertiary/aromatic N) is 2. The fourth-order valence-corrected chi connectivity index (χ4v) is 3.72. The maximum absolute atomic E-state index is 14.1. The van der Waals surface area contributed by atoms with Crippen LogP contribution >= 0.6 is 23.4 Å². The summed E-state index contributed by atoms with van der Waals surface area (Å²) < 4.78 is 102. The molecule has 0 spiro atoms. The molecule has 2 rings (SSSR count). The summed E-state index contributed by atoms with van der Waals surface area (Å²) in [7, 11) is 2.23. The normalized spacial score (nSPS) is 11.9. The van der Waals surface area contributed by atoms with Crippen molar-refractivity contribution in [2.45, 2.75) is 16.3 Å². The van der Waals surface area contributed by atoms with E-state index >= 15 is 0 Å². The molecule has 35 heavy (non-hydrogen) atoms. The smallest absolute Gasteiger partial charge is 0.364 e. The third kappa shape index (κ3) is 6.57. The molecule has 0 heterocycles. The maximum Gasteiger partial charge on any atom is 0.464 e. The van der Waals surface area contributed by atoms with E-state index < -0.39 is 75.7 Å². The van der Waals surface area contributed by atoms with Gasteiger partial charge < -0.3 is 9.47 Å². The highest BCUT2D eigenvalue weighted by Gasteiger charge is 2.58. The van der Waals surface area contributed by atoms with Crippen LogP contribution < -0.4 is 4.90 Å². The third-order valence-electron chi connectivity index (χ3n) is 4.19. The largest absolute Gasteiger partial charge is 0.464 e. The van der Waals surface area contributed by atoms with Gasteiger partial charge in [-0.2, -0.15) is 22.0 Å². The third-order valence-corrected chi connectivity index (χ3v) is 5.47. The average Bonchev–Trinajstić information content (AvgIpc) is 2.74. The van der Waals surface area contributed by atoms with Gasteiger partial charge in [0.1, 0.15) is 30.7 Å². The molecule has 0 unspecified atom stereocenters. The molecule has 2 aromatic carbocycles. The van der Waals surface area contributed by atoms with Crippen LogP contribution in [0.5, 0.6) is 0 Å². The molecule has 15 heteroatoms. The Morgan fingerprint density at radius 2 is 1.54 bits per heavy atom. The number of methoxy groups -OCH3 is 2. The molecule has 0 aromatic heterocycles. The van der Waals surface area contributed by atoms with Gasteiger partial charge in [0.15, 0.2) is 0 Å². The molecule has 0 aliphatic carbocycles. The van der Waals surface area contributed by atoms with Gasteiger partial charge in [-0.3, -0.25) is 9.69 Å². The average molecular weight is 549 g/mol. The molecule has 0 atom stereocenters. The van der Waals surface area contributed by atoms with Crippen LogP contribution in [0.4, 0.5) is 41.2 Å². The maximum atomic E-state index is 14.1. The summed E-state index contributed by atoms with van der Waals surface area (Å²) in [5.41, 5.74) is -1.32. The molecule has 2 aromatic rings. The lowest BCUT2D eigenvalue weighted by atomic mass is 10.1. The highest BCUT2D eigenvalue weighted by atomic mass is 35.5. The van der Waals surface area contributed by atoms with E-state index in [0.29, 0.717) is 9.80 Å². The Kier molecular flexibility index (Phi) is 9.39. The van der Waals surface area contributed by atoms with E-state index in [9.17, 15) is 40.3 Å². The monoisotopic (exact) mass is 548 g/mol. The number of carbonyl (C=O) groups excluding carboxylic acids is 2. The van der Waals surface area contributed by atoms with Gasteiger partial charge in [0.25, 0.3) is 5.91 Å². The van der Waals surface area contributed by atoms with Crippen LogP contribution in [0.3, 0.4) is 0 Å². The second-order valence-corrected chi connectivity index (χ2v) is 8.20. The van der Waals surface area contributed by atoms with Crippen molar-refractivity contribution in [1.82, 2.24) is 4.90 Å². The van der Waals surface area contributed by atoms with E-state index in [2.05, 4.69) is 0 Å². The minimum absolute atomic E-state index is 0.263. The molecule has 0 radical (unpaired) electrons. The molecule has 192 valence electrons. The Morgan fingerprint density at radius 3 is 2.03 bits per heavy atom. The topological polar surface area (TPSA) is 59.1 Å². The number of halogens is 8. The molecule has 3 amide bonds. The minimum Gasteiger partial charge on any atom is -0.364 e. The number of rotatable bonds is 8. The van der Waals surface area contributed by atoms with Gasteiger partial charge in [-0.15, -0.1) is 0 Å². The first kappa shape index (κ1) is 28.7. The highest BCUT2D eigenvalue weighted by Crippen LogP contribution is 2.48. The number of benzene rings is 2. The lowest BCUT2D eigenvalue weighted by Crippen LogP contribution is -2.48. The van der Waals surface area contributed by atoms with Crippen LogP contribution in [0.2, 0.25) is 5.02 Å². The first-order chi connectivity index (χ1) is 16.2. The van der Waals surface area contributed by atoms with Crippen LogP contribution in [0.1, 0.15) is 10.4 Å². The summed E-state index contributed by atoms with van der Waals surface area (Å²) in [4.78, 5) is 26.4. The summed E-state index contributed by atoms with van der Waals surface area (Å²) in [6.45, 7) is -1.37. The molecule has 6 nitrogen and oxygen atoms in total. The van der Waals surface area contributed by atoms with E-state index in [-0.39, 0.29) is 5.69 Å². The molecular weight excluding hydrogens is 533 g/mol. The highest BCUT2D eigenvalue weighted by molar-refractivity contribution is 8.00. The summed E-state index contributed by atoms with van der Waals surface area (Å²) in [5, 5.41) is -5.58. The first-order valence-electron chi connectivity index (χ1n) is 9.23. The Labute approximate surface area is 203 Å². The van der Waals surface area contributed by atoms with Gasteiger partial charge in [0, 0.05) is 19.1 Å². The van der Waals surface area contributed by atoms with Crippen molar-refractivity contribution in [3.8, 4) is 0 Å². The van der Waals surface area contributed by atoms with Crippen LogP contribution in [-0.2, 0) is 9.47 Å². The zero-order chi connectivity index (χ0) is 26.6. The number of amides is 3. The first-order valence-corrected chi connectivity index (χ1v) is 10.4. The number of alkyl halides is 5. The van der Waals surface area contributed by atoms with Crippen molar-refractivity contribution in [2.75, 3.05) is 32.6 Å². The molecule has 0 bridgehead atoms. The van der Waals surface area contributed by atoms with Gasteiger partial charge in [-0.05, 0) is 42.1 Å². The number of anilines is 1. The second-order valence-electron chi connectivity index (χ2n) is 6.61. The van der Waals surface area contributed by atoms with E-state index in [1.807, 2.05) is 0 Å². The van der Waals surface area contributed by atoms with Crippen LogP contribution in [0.15, 0.2) is 41.3 Å². The zero-order valence-electron chi connectivity index (χ0n) is 17.8. The predicted molar refractivity (Wildman–Crippen MR) is 112 cm³/mol. The summed E-state index contributed by atoms with van der Waals surface area (Å²) in [6, 6.07) is 3.86. The Hall–Kier alpha value is -2.55. The standard InChI is InChI=1S/C20H16ClF7N2O4S/c1-33-9-29(15-7-6-11(8-12(15)21)35-20(27,28)19(24,25)26)18(32)30(10-34-2)17(31)16-13(22)4-3-5-14(16)23/h3-8H,9-10H2,1-2H3. The van der Waals surface area contributed by atoms with Gasteiger partial charge in [-0.25, -0.2) is 18.5 Å². The van der Waals surface area contributed by atoms with Gasteiger partial charge in [0.05, 0.1) is 10.7 Å². The number of thioether (sulfide) groups is 1. The summed E-state index contributed by atoms with van der Waals surface area (Å²) >= 11 is 5.22. The number of carbonyl (C=O) groups is 2. The minimum atomic E-state index is -5.83. The Morgan fingerprint density at radius 1 is 0.971 bits per heavy atom. The van der Waals surface area contributed by atoms with Crippen molar-refractivity contribution in [2.24, 2.45) is 0 Å². The molecule has 0 saturated carbocycles. The number of ether oxygens (including phenoxy) is 2. The van der Waals surface area contributed by atoms with E-state index in [4.69, 9.17) is 21.1 Å². The summed E-state index contributed by atoms with van der Waals surface area (Å²) in [6.07, 6.45) is -5.83.